The zero-order valence-electron chi connectivity index (χ0n) is 17.2. The second-order valence-electron chi connectivity index (χ2n) is 8.20. The third kappa shape index (κ3) is 4.00. The number of carbonyl (C=O) groups excluding carboxylic acids is 2. The molecule has 0 fully saturated rings. The van der Waals surface area contributed by atoms with Crippen LogP contribution in [0.1, 0.15) is 36.8 Å². The van der Waals surface area contributed by atoms with Crippen molar-refractivity contribution in [2.75, 3.05) is 4.90 Å². The van der Waals surface area contributed by atoms with Crippen molar-refractivity contribution in [1.82, 2.24) is 0 Å². The van der Waals surface area contributed by atoms with Crippen molar-refractivity contribution in [3.05, 3.63) is 93.0 Å². The van der Waals surface area contributed by atoms with E-state index in [1.165, 1.54) is 28.0 Å². The highest BCUT2D eigenvalue weighted by atomic mass is 32.2. The molecule has 0 bridgehead atoms. The predicted octanol–water partition coefficient (Wildman–Crippen LogP) is 6.26. The van der Waals surface area contributed by atoms with E-state index < -0.39 is 0 Å². The Morgan fingerprint density at radius 3 is 2.17 bits per heavy atom. The smallest absolute Gasteiger partial charge is 0.268 e. The predicted molar refractivity (Wildman–Crippen MR) is 127 cm³/mol. The summed E-state index contributed by atoms with van der Waals surface area (Å²) in [7, 11) is 0. The molecule has 1 aliphatic rings. The van der Waals surface area contributed by atoms with Crippen LogP contribution in [0.15, 0.2) is 77.0 Å². The van der Waals surface area contributed by atoms with Crippen LogP contribution in [-0.2, 0) is 20.8 Å². The van der Waals surface area contributed by atoms with Gasteiger partial charge in [0.1, 0.15) is 0 Å². The summed E-state index contributed by atoms with van der Waals surface area (Å²) >= 11 is 2.92. The largest absolute Gasteiger partial charge is 0.272 e. The molecule has 1 aliphatic heterocycles. The van der Waals surface area contributed by atoms with Gasteiger partial charge in [-0.15, -0.1) is 23.1 Å². The Kier molecular flexibility index (Phi) is 5.67. The van der Waals surface area contributed by atoms with E-state index in [1.54, 1.807) is 0 Å². The van der Waals surface area contributed by atoms with Gasteiger partial charge in [0.2, 0.25) is 0 Å². The maximum Gasteiger partial charge on any atom is 0.272 e. The van der Waals surface area contributed by atoms with Crippen LogP contribution < -0.4 is 4.90 Å². The summed E-state index contributed by atoms with van der Waals surface area (Å²) in [6, 6.07) is 21.5. The van der Waals surface area contributed by atoms with Gasteiger partial charge in [-0.1, -0.05) is 69.3 Å². The Hall–Kier alpha value is -2.63. The molecule has 0 radical (unpaired) electrons. The number of carbonyl (C=O) groups is 2. The van der Waals surface area contributed by atoms with Crippen molar-refractivity contribution in [2.24, 2.45) is 0 Å². The molecule has 0 spiro atoms. The Morgan fingerprint density at radius 2 is 1.57 bits per heavy atom. The summed E-state index contributed by atoms with van der Waals surface area (Å²) in [5.74, 6) is 0.148. The van der Waals surface area contributed by atoms with Crippen molar-refractivity contribution in [1.29, 1.82) is 0 Å². The standard InChI is InChI=1S/C25H23NO2S2/c1-25(2,3)18-11-13-19(14-12-18)26-23(27)21(20-10-7-15-29-20)22(24(26)28)30-16-17-8-5-4-6-9-17/h4-15H,16H2,1-3H3. The van der Waals surface area contributed by atoms with E-state index >= 15 is 0 Å². The fraction of sp³-hybridized carbons (Fsp3) is 0.200. The highest BCUT2D eigenvalue weighted by Crippen LogP contribution is 2.41. The fourth-order valence-electron chi connectivity index (χ4n) is 3.36. The molecule has 0 atom stereocenters. The molecule has 0 saturated heterocycles. The average molecular weight is 434 g/mol. The molecule has 0 aliphatic carbocycles. The van der Waals surface area contributed by atoms with Gasteiger partial charge in [-0.2, -0.15) is 0 Å². The Bertz CT molecular complexity index is 1090. The molecule has 4 rings (SSSR count). The Labute approximate surface area is 185 Å². The van der Waals surface area contributed by atoms with Gasteiger partial charge in [0, 0.05) is 10.6 Å². The van der Waals surface area contributed by atoms with Crippen LogP contribution in [0.5, 0.6) is 0 Å². The van der Waals surface area contributed by atoms with Crippen molar-refractivity contribution in [3.8, 4) is 0 Å². The first-order chi connectivity index (χ1) is 14.4. The monoisotopic (exact) mass is 433 g/mol. The topological polar surface area (TPSA) is 37.4 Å². The zero-order chi connectivity index (χ0) is 21.3. The summed E-state index contributed by atoms with van der Waals surface area (Å²) in [6.07, 6.45) is 0. The average Bonchev–Trinajstić information content (AvgIpc) is 3.33. The lowest BCUT2D eigenvalue weighted by molar-refractivity contribution is -0.119. The SMILES string of the molecule is CC(C)(C)c1ccc(N2C(=O)C(SCc3ccccc3)=C(c3cccs3)C2=O)cc1. The molecule has 0 saturated carbocycles. The van der Waals surface area contributed by atoms with Crippen molar-refractivity contribution in [2.45, 2.75) is 31.9 Å². The van der Waals surface area contributed by atoms with Crippen LogP contribution in [0.25, 0.3) is 5.57 Å². The third-order valence-electron chi connectivity index (χ3n) is 5.03. The molecule has 0 unspecified atom stereocenters. The van der Waals surface area contributed by atoms with Gasteiger partial charge in [0.15, 0.2) is 0 Å². The maximum atomic E-state index is 13.4. The van der Waals surface area contributed by atoms with Gasteiger partial charge in [0.05, 0.1) is 16.2 Å². The molecule has 3 nitrogen and oxygen atoms in total. The first kappa shape index (κ1) is 20.6. The minimum absolute atomic E-state index is 0.00856. The summed E-state index contributed by atoms with van der Waals surface area (Å²) in [4.78, 5) is 29.4. The van der Waals surface area contributed by atoms with Crippen LogP contribution in [0.4, 0.5) is 5.69 Å². The van der Waals surface area contributed by atoms with E-state index in [1.807, 2.05) is 72.1 Å². The maximum absolute atomic E-state index is 13.4. The number of hydrogen-bond donors (Lipinski definition) is 0. The first-order valence-electron chi connectivity index (χ1n) is 9.80. The summed E-state index contributed by atoms with van der Waals surface area (Å²) in [5, 5.41) is 1.93. The Balaban J connectivity index is 1.68. The van der Waals surface area contributed by atoms with Crippen LogP contribution in [-0.4, -0.2) is 11.8 Å². The van der Waals surface area contributed by atoms with Crippen LogP contribution >= 0.6 is 23.1 Å². The molecule has 152 valence electrons. The zero-order valence-corrected chi connectivity index (χ0v) is 18.8. The van der Waals surface area contributed by atoms with E-state index in [0.717, 1.165) is 16.0 Å². The summed E-state index contributed by atoms with van der Waals surface area (Å²) < 4.78 is 0. The highest BCUT2D eigenvalue weighted by Gasteiger charge is 2.40. The van der Waals surface area contributed by atoms with Crippen molar-refractivity contribution >= 4 is 46.2 Å². The second kappa shape index (κ2) is 8.25. The van der Waals surface area contributed by atoms with E-state index in [4.69, 9.17) is 0 Å². The van der Waals surface area contributed by atoms with Crippen molar-refractivity contribution in [3.63, 3.8) is 0 Å². The quantitative estimate of drug-likeness (QED) is 0.446. The van der Waals surface area contributed by atoms with E-state index in [2.05, 4.69) is 20.8 Å². The lowest BCUT2D eigenvalue weighted by atomic mass is 9.87. The molecule has 3 aromatic rings. The van der Waals surface area contributed by atoms with Crippen LogP contribution in [0.3, 0.4) is 0 Å². The molecule has 0 N–H and O–H groups in total. The lowest BCUT2D eigenvalue weighted by Crippen LogP contribution is -2.31. The van der Waals surface area contributed by atoms with E-state index in [0.29, 0.717) is 21.9 Å². The minimum Gasteiger partial charge on any atom is -0.268 e. The number of anilines is 1. The molecule has 2 amide bonds. The minimum atomic E-state index is -0.249. The van der Waals surface area contributed by atoms with Gasteiger partial charge < -0.3 is 0 Å². The molecular formula is C25H23NO2S2. The number of rotatable bonds is 5. The molecular weight excluding hydrogens is 410 g/mol. The fourth-order valence-corrected chi connectivity index (χ4v) is 5.25. The highest BCUT2D eigenvalue weighted by molar-refractivity contribution is 8.03. The van der Waals surface area contributed by atoms with E-state index in [9.17, 15) is 9.59 Å². The number of hydrogen-bond acceptors (Lipinski definition) is 4. The van der Waals surface area contributed by atoms with E-state index in [-0.39, 0.29) is 17.2 Å². The number of thioether (sulfide) groups is 1. The van der Waals surface area contributed by atoms with Crippen molar-refractivity contribution < 1.29 is 9.59 Å². The number of benzene rings is 2. The Morgan fingerprint density at radius 1 is 0.867 bits per heavy atom. The molecule has 5 heteroatoms. The molecule has 2 heterocycles. The molecule has 1 aromatic heterocycles. The van der Waals surface area contributed by atoms with Gasteiger partial charge in [-0.25, -0.2) is 4.90 Å². The first-order valence-corrected chi connectivity index (χ1v) is 11.7. The third-order valence-corrected chi connectivity index (χ3v) is 7.06. The second-order valence-corrected chi connectivity index (χ2v) is 10.1. The van der Waals surface area contributed by atoms with Crippen LogP contribution in [0, 0.1) is 0 Å². The number of imide groups is 1. The molecule has 2 aromatic carbocycles. The molecule has 30 heavy (non-hydrogen) atoms. The van der Waals surface area contributed by atoms with Gasteiger partial charge in [-0.3, -0.25) is 9.59 Å². The number of thiophene rings is 1. The number of nitrogens with zero attached hydrogens (tertiary/aromatic N) is 1. The van der Waals surface area contributed by atoms with Crippen LogP contribution in [0.2, 0.25) is 0 Å². The van der Waals surface area contributed by atoms with Gasteiger partial charge >= 0.3 is 0 Å². The lowest BCUT2D eigenvalue weighted by Gasteiger charge is -2.21. The summed E-state index contributed by atoms with van der Waals surface area (Å²) in [5.41, 5.74) is 3.41. The number of amides is 2. The summed E-state index contributed by atoms with van der Waals surface area (Å²) in [6.45, 7) is 6.43. The normalized spacial score (nSPS) is 14.7. The van der Waals surface area contributed by atoms with Gasteiger partial charge in [-0.05, 0) is 40.1 Å². The van der Waals surface area contributed by atoms with Gasteiger partial charge in [0.25, 0.3) is 11.8 Å².